The molecule has 1 aromatic rings. The molecule has 0 bridgehead atoms. The molecule has 100 valence electrons. The van der Waals surface area contributed by atoms with Crippen LogP contribution in [0.15, 0.2) is 22.7 Å². The first-order chi connectivity index (χ1) is 8.45. The number of carbonyl (C=O) groups is 1. The Morgan fingerprint density at radius 3 is 2.72 bits per heavy atom. The molecule has 1 amide bonds. The second-order valence-electron chi connectivity index (χ2n) is 4.37. The minimum Gasteiger partial charge on any atom is -0.395 e. The molecule has 0 spiro atoms. The molecule has 0 heterocycles. The van der Waals surface area contributed by atoms with Crippen LogP contribution < -0.4 is 0 Å². The SMILES string of the molecule is CC(C)C(=O)N(CCO)Cc1cc(Br)ccc1F. The molecule has 1 N–H and O–H groups in total. The normalized spacial score (nSPS) is 10.8. The van der Waals surface area contributed by atoms with E-state index in [1.54, 1.807) is 26.0 Å². The van der Waals surface area contributed by atoms with Gasteiger partial charge in [-0.2, -0.15) is 0 Å². The molecule has 3 nitrogen and oxygen atoms in total. The molecule has 0 aliphatic carbocycles. The number of aliphatic hydroxyl groups excluding tert-OH is 1. The van der Waals surface area contributed by atoms with E-state index in [-0.39, 0.29) is 37.3 Å². The average molecular weight is 318 g/mol. The summed E-state index contributed by atoms with van der Waals surface area (Å²) in [4.78, 5) is 13.4. The van der Waals surface area contributed by atoms with E-state index in [4.69, 9.17) is 5.11 Å². The van der Waals surface area contributed by atoms with Gasteiger partial charge in [0, 0.05) is 29.0 Å². The van der Waals surface area contributed by atoms with Gasteiger partial charge >= 0.3 is 0 Å². The highest BCUT2D eigenvalue weighted by molar-refractivity contribution is 9.10. The lowest BCUT2D eigenvalue weighted by atomic mass is 10.1. The van der Waals surface area contributed by atoms with Gasteiger partial charge in [-0.15, -0.1) is 0 Å². The van der Waals surface area contributed by atoms with Crippen LogP contribution >= 0.6 is 15.9 Å². The van der Waals surface area contributed by atoms with E-state index in [1.807, 2.05) is 0 Å². The Labute approximate surface area is 115 Å². The summed E-state index contributed by atoms with van der Waals surface area (Å²) in [6.07, 6.45) is 0. The van der Waals surface area contributed by atoms with Crippen LogP contribution in [-0.2, 0) is 11.3 Å². The van der Waals surface area contributed by atoms with Crippen molar-refractivity contribution in [3.05, 3.63) is 34.1 Å². The Bertz CT molecular complexity index is 423. The summed E-state index contributed by atoms with van der Waals surface area (Å²) >= 11 is 3.27. The molecule has 0 unspecified atom stereocenters. The first kappa shape index (κ1) is 15.1. The van der Waals surface area contributed by atoms with Crippen molar-refractivity contribution < 1.29 is 14.3 Å². The average Bonchev–Trinajstić information content (AvgIpc) is 2.32. The van der Waals surface area contributed by atoms with Gasteiger partial charge in [0.25, 0.3) is 0 Å². The second-order valence-corrected chi connectivity index (χ2v) is 5.29. The van der Waals surface area contributed by atoms with Crippen LogP contribution in [0.3, 0.4) is 0 Å². The summed E-state index contributed by atoms with van der Waals surface area (Å²) in [5, 5.41) is 8.97. The maximum atomic E-state index is 13.6. The van der Waals surface area contributed by atoms with Gasteiger partial charge in [-0.25, -0.2) is 4.39 Å². The van der Waals surface area contributed by atoms with Crippen LogP contribution in [0.1, 0.15) is 19.4 Å². The fourth-order valence-electron chi connectivity index (χ4n) is 1.62. The van der Waals surface area contributed by atoms with Crippen LogP contribution in [0.4, 0.5) is 4.39 Å². The number of nitrogens with zero attached hydrogens (tertiary/aromatic N) is 1. The predicted octanol–water partition coefficient (Wildman–Crippen LogP) is 2.57. The van der Waals surface area contributed by atoms with E-state index in [2.05, 4.69) is 15.9 Å². The maximum absolute atomic E-state index is 13.6. The number of hydrogen-bond donors (Lipinski definition) is 1. The molecule has 0 radical (unpaired) electrons. The van der Waals surface area contributed by atoms with Crippen molar-refractivity contribution in [2.45, 2.75) is 20.4 Å². The molecule has 0 aromatic heterocycles. The molecular weight excluding hydrogens is 301 g/mol. The van der Waals surface area contributed by atoms with E-state index >= 15 is 0 Å². The van der Waals surface area contributed by atoms with E-state index in [1.165, 1.54) is 11.0 Å². The zero-order valence-corrected chi connectivity index (χ0v) is 12.1. The third-order valence-electron chi connectivity index (χ3n) is 2.54. The Morgan fingerprint density at radius 2 is 2.17 bits per heavy atom. The topological polar surface area (TPSA) is 40.5 Å². The summed E-state index contributed by atoms with van der Waals surface area (Å²) < 4.78 is 14.4. The molecule has 0 aliphatic heterocycles. The molecule has 1 aromatic carbocycles. The first-order valence-corrected chi connectivity index (χ1v) is 6.58. The van der Waals surface area contributed by atoms with Gasteiger partial charge in [0.05, 0.1) is 6.61 Å². The fourth-order valence-corrected chi connectivity index (χ4v) is 2.03. The molecular formula is C13H17BrFNO2. The minimum absolute atomic E-state index is 0.0941. The van der Waals surface area contributed by atoms with Crippen molar-refractivity contribution in [3.8, 4) is 0 Å². The number of amides is 1. The number of carbonyl (C=O) groups excluding carboxylic acids is 1. The molecule has 18 heavy (non-hydrogen) atoms. The standard InChI is InChI=1S/C13H17BrFNO2/c1-9(2)13(18)16(5-6-17)8-10-7-11(14)3-4-12(10)15/h3-4,7,9,17H,5-6,8H2,1-2H3. The maximum Gasteiger partial charge on any atom is 0.225 e. The number of halogens is 2. The van der Waals surface area contributed by atoms with Crippen LogP contribution in [0.25, 0.3) is 0 Å². The van der Waals surface area contributed by atoms with E-state index in [0.717, 1.165) is 4.47 Å². The molecule has 0 saturated carbocycles. The monoisotopic (exact) mass is 317 g/mol. The molecule has 5 heteroatoms. The fraction of sp³-hybridized carbons (Fsp3) is 0.462. The van der Waals surface area contributed by atoms with Crippen molar-refractivity contribution in [2.24, 2.45) is 5.92 Å². The van der Waals surface area contributed by atoms with Crippen molar-refractivity contribution in [1.29, 1.82) is 0 Å². The second kappa shape index (κ2) is 6.85. The van der Waals surface area contributed by atoms with Gasteiger partial charge in [-0.05, 0) is 18.2 Å². The lowest BCUT2D eigenvalue weighted by Crippen LogP contribution is -2.36. The zero-order valence-electron chi connectivity index (χ0n) is 10.5. The molecule has 0 aliphatic rings. The number of benzene rings is 1. The summed E-state index contributed by atoms with van der Waals surface area (Å²) in [6.45, 7) is 3.81. The highest BCUT2D eigenvalue weighted by Crippen LogP contribution is 2.18. The molecule has 0 atom stereocenters. The van der Waals surface area contributed by atoms with E-state index in [0.29, 0.717) is 5.56 Å². The highest BCUT2D eigenvalue weighted by Gasteiger charge is 2.18. The Hall–Kier alpha value is -0.940. The Kier molecular flexibility index (Phi) is 5.75. The van der Waals surface area contributed by atoms with Gasteiger partial charge < -0.3 is 10.0 Å². The third-order valence-corrected chi connectivity index (χ3v) is 3.04. The van der Waals surface area contributed by atoms with Crippen LogP contribution in [-0.4, -0.2) is 29.1 Å². The van der Waals surface area contributed by atoms with Crippen molar-refractivity contribution in [1.82, 2.24) is 4.90 Å². The van der Waals surface area contributed by atoms with Crippen LogP contribution in [0.2, 0.25) is 0 Å². The van der Waals surface area contributed by atoms with Crippen LogP contribution in [0.5, 0.6) is 0 Å². The molecule has 1 rings (SSSR count). The first-order valence-electron chi connectivity index (χ1n) is 5.79. The molecule has 0 saturated heterocycles. The summed E-state index contributed by atoms with van der Waals surface area (Å²) in [5.74, 6) is -0.618. The largest absolute Gasteiger partial charge is 0.395 e. The number of rotatable bonds is 5. The Morgan fingerprint density at radius 1 is 1.50 bits per heavy atom. The highest BCUT2D eigenvalue weighted by atomic mass is 79.9. The number of aliphatic hydroxyl groups is 1. The predicted molar refractivity (Wildman–Crippen MR) is 71.4 cm³/mol. The van der Waals surface area contributed by atoms with Crippen molar-refractivity contribution in [3.63, 3.8) is 0 Å². The van der Waals surface area contributed by atoms with Crippen LogP contribution in [0, 0.1) is 11.7 Å². The number of hydrogen-bond acceptors (Lipinski definition) is 2. The molecule has 0 fully saturated rings. The van der Waals surface area contributed by atoms with Gasteiger partial charge in [-0.1, -0.05) is 29.8 Å². The summed E-state index contributed by atoms with van der Waals surface area (Å²) in [5.41, 5.74) is 0.437. The zero-order chi connectivity index (χ0) is 13.7. The lowest BCUT2D eigenvalue weighted by Gasteiger charge is -2.24. The van der Waals surface area contributed by atoms with E-state index in [9.17, 15) is 9.18 Å². The third kappa shape index (κ3) is 4.07. The van der Waals surface area contributed by atoms with Gasteiger partial charge in [0.2, 0.25) is 5.91 Å². The van der Waals surface area contributed by atoms with Gasteiger partial charge in [0.15, 0.2) is 0 Å². The van der Waals surface area contributed by atoms with Crippen molar-refractivity contribution >= 4 is 21.8 Å². The summed E-state index contributed by atoms with van der Waals surface area (Å²) in [7, 11) is 0. The quantitative estimate of drug-likeness (QED) is 0.906. The van der Waals surface area contributed by atoms with Gasteiger partial charge in [-0.3, -0.25) is 4.79 Å². The summed E-state index contributed by atoms with van der Waals surface area (Å²) in [6, 6.07) is 4.61. The Balaban J connectivity index is 2.89. The van der Waals surface area contributed by atoms with E-state index < -0.39 is 0 Å². The lowest BCUT2D eigenvalue weighted by molar-refractivity contribution is -0.135. The van der Waals surface area contributed by atoms with Crippen molar-refractivity contribution in [2.75, 3.05) is 13.2 Å². The minimum atomic E-state index is -0.349. The van der Waals surface area contributed by atoms with Gasteiger partial charge in [0.1, 0.15) is 5.82 Å². The smallest absolute Gasteiger partial charge is 0.225 e.